The summed E-state index contributed by atoms with van der Waals surface area (Å²) in [6.07, 6.45) is 1.74. The molecule has 0 saturated heterocycles. The van der Waals surface area contributed by atoms with Crippen LogP contribution in [-0.2, 0) is 17.9 Å². The standard InChI is InChI=1S/C28H28N4O2/c1-20-13-15-24(16-14-20)26-25(19-32(31-26)18-23-11-7-4-8-12-23)28(34)30-21(2)27(33)29-17-22-9-5-3-6-10-22/h3-16,19,21H,17-18H2,1-2H3,(H,29,33)(H,30,34)/t21-/m1/s1. The van der Waals surface area contributed by atoms with Crippen molar-refractivity contribution in [2.24, 2.45) is 0 Å². The lowest BCUT2D eigenvalue weighted by molar-refractivity contribution is -0.122. The second kappa shape index (κ2) is 10.6. The molecule has 2 N–H and O–H groups in total. The molecule has 0 unspecified atom stereocenters. The first kappa shape index (κ1) is 23.0. The van der Waals surface area contributed by atoms with Gasteiger partial charge in [-0.15, -0.1) is 0 Å². The Bertz CT molecular complexity index is 1250. The minimum absolute atomic E-state index is 0.245. The number of nitrogens with zero attached hydrogens (tertiary/aromatic N) is 2. The Balaban J connectivity index is 1.51. The minimum Gasteiger partial charge on any atom is -0.350 e. The Morgan fingerprint density at radius 3 is 2.15 bits per heavy atom. The number of rotatable bonds is 8. The van der Waals surface area contributed by atoms with Gasteiger partial charge < -0.3 is 10.6 Å². The minimum atomic E-state index is -0.695. The summed E-state index contributed by atoms with van der Waals surface area (Å²) in [5.74, 6) is -0.581. The molecule has 1 aromatic heterocycles. The Morgan fingerprint density at radius 1 is 0.882 bits per heavy atom. The summed E-state index contributed by atoms with van der Waals surface area (Å²) < 4.78 is 1.76. The highest BCUT2D eigenvalue weighted by molar-refractivity contribution is 6.01. The predicted octanol–water partition coefficient (Wildman–Crippen LogP) is 4.34. The molecule has 1 atom stereocenters. The predicted molar refractivity (Wildman–Crippen MR) is 133 cm³/mol. The lowest BCUT2D eigenvalue weighted by atomic mass is 10.1. The van der Waals surface area contributed by atoms with Crippen LogP contribution in [0.25, 0.3) is 11.3 Å². The Morgan fingerprint density at radius 2 is 1.50 bits per heavy atom. The topological polar surface area (TPSA) is 76.0 Å². The van der Waals surface area contributed by atoms with Crippen molar-refractivity contribution in [3.05, 3.63) is 113 Å². The van der Waals surface area contributed by atoms with E-state index in [1.807, 2.05) is 91.9 Å². The van der Waals surface area contributed by atoms with Crippen molar-refractivity contribution >= 4 is 11.8 Å². The fraction of sp³-hybridized carbons (Fsp3) is 0.179. The second-order valence-corrected chi connectivity index (χ2v) is 8.34. The van der Waals surface area contributed by atoms with Crippen LogP contribution >= 0.6 is 0 Å². The molecule has 0 saturated carbocycles. The third kappa shape index (κ3) is 5.78. The van der Waals surface area contributed by atoms with Crippen molar-refractivity contribution in [3.63, 3.8) is 0 Å². The van der Waals surface area contributed by atoms with E-state index in [1.54, 1.807) is 17.8 Å². The quantitative estimate of drug-likeness (QED) is 0.418. The van der Waals surface area contributed by atoms with Gasteiger partial charge in [-0.2, -0.15) is 5.10 Å². The molecule has 172 valence electrons. The third-order valence-corrected chi connectivity index (χ3v) is 5.57. The van der Waals surface area contributed by atoms with Crippen molar-refractivity contribution in [3.8, 4) is 11.3 Å². The molecule has 3 aromatic carbocycles. The van der Waals surface area contributed by atoms with Crippen LogP contribution in [0.2, 0.25) is 0 Å². The van der Waals surface area contributed by atoms with E-state index in [-0.39, 0.29) is 11.8 Å². The average Bonchev–Trinajstić information content (AvgIpc) is 3.28. The molecule has 4 rings (SSSR count). The van der Waals surface area contributed by atoms with Crippen molar-refractivity contribution in [2.45, 2.75) is 33.0 Å². The first-order valence-electron chi connectivity index (χ1n) is 11.3. The Hall–Kier alpha value is -4.19. The number of carbonyl (C=O) groups is 2. The van der Waals surface area contributed by atoms with E-state index in [2.05, 4.69) is 10.6 Å². The summed E-state index contributed by atoms with van der Waals surface area (Å²) >= 11 is 0. The van der Waals surface area contributed by atoms with Crippen LogP contribution in [0.4, 0.5) is 0 Å². The van der Waals surface area contributed by atoms with Gasteiger partial charge in [-0.1, -0.05) is 90.5 Å². The summed E-state index contributed by atoms with van der Waals surface area (Å²) in [5.41, 5.74) is 5.08. The van der Waals surface area contributed by atoms with Gasteiger partial charge in [0.1, 0.15) is 11.7 Å². The highest BCUT2D eigenvalue weighted by Crippen LogP contribution is 2.23. The molecule has 4 aromatic rings. The average molecular weight is 453 g/mol. The summed E-state index contributed by atoms with van der Waals surface area (Å²) in [6, 6.07) is 26.8. The lowest BCUT2D eigenvalue weighted by Crippen LogP contribution is -2.44. The number of benzene rings is 3. The number of hydrogen-bond donors (Lipinski definition) is 2. The first-order valence-corrected chi connectivity index (χ1v) is 11.3. The molecule has 0 aliphatic heterocycles. The number of hydrogen-bond acceptors (Lipinski definition) is 3. The maximum absolute atomic E-state index is 13.2. The van der Waals surface area contributed by atoms with Crippen molar-refractivity contribution in [2.75, 3.05) is 0 Å². The normalized spacial score (nSPS) is 11.6. The summed E-state index contributed by atoms with van der Waals surface area (Å²) in [6.45, 7) is 4.64. The van der Waals surface area contributed by atoms with Gasteiger partial charge in [-0.25, -0.2) is 0 Å². The second-order valence-electron chi connectivity index (χ2n) is 8.34. The molecule has 34 heavy (non-hydrogen) atoms. The van der Waals surface area contributed by atoms with Gasteiger partial charge in [0.25, 0.3) is 5.91 Å². The monoisotopic (exact) mass is 452 g/mol. The summed E-state index contributed by atoms with van der Waals surface area (Å²) in [4.78, 5) is 25.8. The third-order valence-electron chi connectivity index (χ3n) is 5.57. The van der Waals surface area contributed by atoms with E-state index in [9.17, 15) is 9.59 Å². The van der Waals surface area contributed by atoms with Crippen LogP contribution in [-0.4, -0.2) is 27.6 Å². The number of aromatic nitrogens is 2. The van der Waals surface area contributed by atoms with E-state index >= 15 is 0 Å². The highest BCUT2D eigenvalue weighted by atomic mass is 16.2. The summed E-state index contributed by atoms with van der Waals surface area (Å²) in [7, 11) is 0. The Labute approximate surface area is 199 Å². The molecule has 0 fully saturated rings. The Kier molecular flexibility index (Phi) is 7.18. The highest BCUT2D eigenvalue weighted by Gasteiger charge is 2.22. The fourth-order valence-corrected chi connectivity index (χ4v) is 3.64. The fourth-order valence-electron chi connectivity index (χ4n) is 3.64. The van der Waals surface area contributed by atoms with Crippen LogP contribution in [0.1, 0.15) is 34.0 Å². The van der Waals surface area contributed by atoms with Crippen molar-refractivity contribution in [1.82, 2.24) is 20.4 Å². The molecule has 1 heterocycles. The van der Waals surface area contributed by atoms with Gasteiger partial charge >= 0.3 is 0 Å². The lowest BCUT2D eigenvalue weighted by Gasteiger charge is -2.14. The van der Waals surface area contributed by atoms with Gasteiger partial charge in [0.05, 0.1) is 12.1 Å². The zero-order chi connectivity index (χ0) is 23.9. The maximum Gasteiger partial charge on any atom is 0.255 e. The maximum atomic E-state index is 13.2. The van der Waals surface area contributed by atoms with Gasteiger partial charge in [0.2, 0.25) is 5.91 Å². The zero-order valence-corrected chi connectivity index (χ0v) is 19.4. The van der Waals surface area contributed by atoms with Gasteiger partial charge in [0.15, 0.2) is 0 Å². The molecule has 6 heteroatoms. The number of aryl methyl sites for hydroxylation is 1. The van der Waals surface area contributed by atoms with E-state index in [1.165, 1.54) is 0 Å². The smallest absolute Gasteiger partial charge is 0.255 e. The van der Waals surface area contributed by atoms with Crippen LogP contribution in [0.3, 0.4) is 0 Å². The first-order chi connectivity index (χ1) is 16.5. The van der Waals surface area contributed by atoms with Crippen LogP contribution in [0.5, 0.6) is 0 Å². The van der Waals surface area contributed by atoms with Crippen LogP contribution in [0, 0.1) is 6.92 Å². The van der Waals surface area contributed by atoms with Gasteiger partial charge in [-0.05, 0) is 25.0 Å². The number of nitrogens with one attached hydrogen (secondary N) is 2. The van der Waals surface area contributed by atoms with Gasteiger partial charge in [0, 0.05) is 18.3 Å². The molecule has 6 nitrogen and oxygen atoms in total. The number of carbonyl (C=O) groups excluding carboxylic acids is 2. The SMILES string of the molecule is Cc1ccc(-c2nn(Cc3ccccc3)cc2C(=O)N[C@H](C)C(=O)NCc2ccccc2)cc1. The molecule has 0 radical (unpaired) electrons. The summed E-state index contributed by atoms with van der Waals surface area (Å²) in [5, 5.41) is 10.4. The largest absolute Gasteiger partial charge is 0.350 e. The van der Waals surface area contributed by atoms with E-state index in [0.717, 1.165) is 22.3 Å². The molecular formula is C28H28N4O2. The molecule has 2 amide bonds. The molecule has 0 spiro atoms. The number of amides is 2. The van der Waals surface area contributed by atoms with E-state index in [4.69, 9.17) is 5.10 Å². The molecule has 0 aliphatic rings. The molecule has 0 aliphatic carbocycles. The van der Waals surface area contributed by atoms with Gasteiger partial charge in [-0.3, -0.25) is 14.3 Å². The van der Waals surface area contributed by atoms with Crippen LogP contribution in [0.15, 0.2) is 91.1 Å². The zero-order valence-electron chi connectivity index (χ0n) is 19.4. The molecular weight excluding hydrogens is 424 g/mol. The molecule has 0 bridgehead atoms. The van der Waals surface area contributed by atoms with E-state index < -0.39 is 6.04 Å². The van der Waals surface area contributed by atoms with Crippen LogP contribution < -0.4 is 10.6 Å². The van der Waals surface area contributed by atoms with Crippen molar-refractivity contribution < 1.29 is 9.59 Å². The van der Waals surface area contributed by atoms with Crippen molar-refractivity contribution in [1.29, 1.82) is 0 Å². The van der Waals surface area contributed by atoms with E-state index in [0.29, 0.717) is 24.3 Å².